The van der Waals surface area contributed by atoms with Gasteiger partial charge in [0.1, 0.15) is 11.9 Å². The van der Waals surface area contributed by atoms with Crippen LogP contribution in [0, 0.1) is 0 Å². The predicted octanol–water partition coefficient (Wildman–Crippen LogP) is 6.59. The molecule has 0 spiro atoms. The van der Waals surface area contributed by atoms with E-state index in [1.807, 2.05) is 62.4 Å². The third-order valence-electron chi connectivity index (χ3n) is 7.49. The average Bonchev–Trinajstić information content (AvgIpc) is 3.37. The van der Waals surface area contributed by atoms with Crippen molar-refractivity contribution in [3.63, 3.8) is 0 Å². The minimum absolute atomic E-state index is 0.0404. The van der Waals surface area contributed by atoms with Gasteiger partial charge in [0.2, 0.25) is 0 Å². The third kappa shape index (κ3) is 4.81. The normalized spacial score (nSPS) is 22.4. The molecule has 3 aliphatic rings. The number of halogens is 1. The van der Waals surface area contributed by atoms with Gasteiger partial charge in [-0.15, -0.1) is 0 Å². The Morgan fingerprint density at radius 3 is 2.50 bits per heavy atom. The van der Waals surface area contributed by atoms with Gasteiger partial charge in [0.25, 0.3) is 0 Å². The molecule has 188 valence electrons. The lowest BCUT2D eigenvalue weighted by molar-refractivity contribution is -0.144. The van der Waals surface area contributed by atoms with Crippen LogP contribution in [0.4, 0.5) is 0 Å². The largest absolute Gasteiger partial charge is 0.494 e. The first-order chi connectivity index (χ1) is 17.5. The Balaban J connectivity index is 1.57. The summed E-state index contributed by atoms with van der Waals surface area (Å²) in [6, 6.07) is 15.4. The van der Waals surface area contributed by atoms with Crippen molar-refractivity contribution >= 4 is 23.4 Å². The fourth-order valence-corrected chi connectivity index (χ4v) is 5.94. The molecule has 0 aromatic heterocycles. The van der Waals surface area contributed by atoms with Crippen molar-refractivity contribution in [2.45, 2.75) is 70.3 Å². The number of ketones is 1. The van der Waals surface area contributed by atoms with Crippen molar-refractivity contribution < 1.29 is 19.1 Å². The summed E-state index contributed by atoms with van der Waals surface area (Å²) in [6.45, 7) is 4.33. The van der Waals surface area contributed by atoms with Gasteiger partial charge in [-0.3, -0.25) is 4.79 Å². The van der Waals surface area contributed by atoms with Gasteiger partial charge < -0.3 is 14.8 Å². The van der Waals surface area contributed by atoms with Crippen molar-refractivity contribution in [1.29, 1.82) is 0 Å². The first-order valence-electron chi connectivity index (χ1n) is 12.9. The van der Waals surface area contributed by atoms with Crippen molar-refractivity contribution in [3.8, 4) is 5.75 Å². The zero-order valence-corrected chi connectivity index (χ0v) is 21.6. The molecule has 5 rings (SSSR count). The maximum atomic E-state index is 13.8. The molecule has 0 saturated heterocycles. The van der Waals surface area contributed by atoms with Gasteiger partial charge in [0, 0.05) is 34.0 Å². The molecule has 6 heteroatoms. The van der Waals surface area contributed by atoms with Crippen LogP contribution in [-0.2, 0) is 14.3 Å². The summed E-state index contributed by atoms with van der Waals surface area (Å²) in [5.74, 6) is -0.105. The first kappa shape index (κ1) is 24.6. The number of benzene rings is 2. The fraction of sp³-hybridized carbons (Fsp3) is 0.400. The second-order valence-electron chi connectivity index (χ2n) is 9.85. The van der Waals surface area contributed by atoms with E-state index in [9.17, 15) is 9.59 Å². The minimum atomic E-state index is -0.531. The Morgan fingerprint density at radius 2 is 1.78 bits per heavy atom. The van der Waals surface area contributed by atoms with Crippen LogP contribution in [0.15, 0.2) is 71.1 Å². The zero-order valence-electron chi connectivity index (χ0n) is 20.8. The standard InChI is InChI=1S/C30H32ClNO4/c1-3-35-26-11-7-6-10-23(26)28-27(30(34)36-22-8-4-5-9-22)18(2)32-24-16-20(17-25(33)29(24)28)19-12-14-21(31)15-13-19/h6-7,10-15,20,22,28,32H,3-5,8-9,16-17H2,1-2H3/t20-,28-/m1/s1. The molecule has 1 N–H and O–H groups in total. The second-order valence-corrected chi connectivity index (χ2v) is 10.3. The highest BCUT2D eigenvalue weighted by Gasteiger charge is 2.43. The fourth-order valence-electron chi connectivity index (χ4n) is 5.82. The molecular weight excluding hydrogens is 474 g/mol. The number of esters is 1. The Hall–Kier alpha value is -3.05. The van der Waals surface area contributed by atoms with E-state index in [0.717, 1.165) is 48.2 Å². The number of nitrogens with one attached hydrogen (secondary N) is 1. The lowest BCUT2D eigenvalue weighted by Gasteiger charge is -2.37. The first-order valence-corrected chi connectivity index (χ1v) is 13.3. The van der Waals surface area contributed by atoms with Gasteiger partial charge in [-0.05, 0) is 75.6 Å². The highest BCUT2D eigenvalue weighted by atomic mass is 35.5. The van der Waals surface area contributed by atoms with Crippen LogP contribution < -0.4 is 10.1 Å². The van der Waals surface area contributed by atoms with Gasteiger partial charge in [-0.25, -0.2) is 4.79 Å². The van der Waals surface area contributed by atoms with Gasteiger partial charge in [-0.2, -0.15) is 0 Å². The van der Waals surface area contributed by atoms with E-state index in [1.165, 1.54) is 0 Å². The molecule has 2 aliphatic carbocycles. The maximum Gasteiger partial charge on any atom is 0.337 e. The molecule has 0 radical (unpaired) electrons. The number of rotatable bonds is 6. The molecule has 2 aromatic rings. The number of dihydropyridines is 1. The SMILES string of the molecule is CCOc1ccccc1[C@@H]1C(C(=O)OC2CCCC2)=C(C)NC2=C1C(=O)C[C@H](c1ccc(Cl)cc1)C2. The molecule has 0 unspecified atom stereocenters. The molecule has 36 heavy (non-hydrogen) atoms. The number of carbonyl (C=O) groups excluding carboxylic acids is 2. The van der Waals surface area contributed by atoms with E-state index in [0.29, 0.717) is 41.4 Å². The summed E-state index contributed by atoms with van der Waals surface area (Å²) < 4.78 is 11.9. The van der Waals surface area contributed by atoms with Crippen LogP contribution in [0.1, 0.15) is 75.3 Å². The molecule has 1 fully saturated rings. The van der Waals surface area contributed by atoms with Crippen molar-refractivity contribution in [1.82, 2.24) is 5.32 Å². The van der Waals surface area contributed by atoms with Crippen molar-refractivity contribution in [2.75, 3.05) is 6.61 Å². The molecular formula is C30H32ClNO4. The molecule has 2 aromatic carbocycles. The number of hydrogen-bond donors (Lipinski definition) is 1. The molecule has 0 amide bonds. The lowest BCUT2D eigenvalue weighted by atomic mass is 9.71. The summed E-state index contributed by atoms with van der Waals surface area (Å²) in [4.78, 5) is 27.4. The van der Waals surface area contributed by atoms with Gasteiger partial charge in [0.05, 0.1) is 18.1 Å². The Kier molecular flexibility index (Phi) is 7.20. The number of ether oxygens (including phenoxy) is 2. The molecule has 2 atom stereocenters. The number of carbonyl (C=O) groups is 2. The average molecular weight is 506 g/mol. The Morgan fingerprint density at radius 1 is 1.06 bits per heavy atom. The van der Waals surface area contributed by atoms with E-state index >= 15 is 0 Å². The lowest BCUT2D eigenvalue weighted by Crippen LogP contribution is -2.36. The smallest absolute Gasteiger partial charge is 0.337 e. The van der Waals surface area contributed by atoms with E-state index in [4.69, 9.17) is 21.1 Å². The molecule has 1 heterocycles. The van der Waals surface area contributed by atoms with Crippen LogP contribution >= 0.6 is 11.6 Å². The van der Waals surface area contributed by atoms with Crippen LogP contribution in [0.25, 0.3) is 0 Å². The number of para-hydroxylation sites is 1. The van der Waals surface area contributed by atoms with Gasteiger partial charge >= 0.3 is 5.97 Å². The Labute approximate surface area is 217 Å². The van der Waals surface area contributed by atoms with Crippen LogP contribution in [0.2, 0.25) is 5.02 Å². The van der Waals surface area contributed by atoms with E-state index in [1.54, 1.807) is 0 Å². The topological polar surface area (TPSA) is 64.6 Å². The number of allylic oxidation sites excluding steroid dienone is 3. The second kappa shape index (κ2) is 10.5. The van der Waals surface area contributed by atoms with Crippen molar-refractivity contribution in [2.24, 2.45) is 0 Å². The highest BCUT2D eigenvalue weighted by Crippen LogP contribution is 2.48. The summed E-state index contributed by atoms with van der Waals surface area (Å²) in [5.41, 5.74) is 4.67. The van der Waals surface area contributed by atoms with E-state index in [2.05, 4.69) is 5.32 Å². The highest BCUT2D eigenvalue weighted by molar-refractivity contribution is 6.30. The maximum absolute atomic E-state index is 13.8. The monoisotopic (exact) mass is 505 g/mol. The summed E-state index contributed by atoms with van der Waals surface area (Å²) in [6.07, 6.45) is 4.92. The zero-order chi connectivity index (χ0) is 25.2. The predicted molar refractivity (Wildman–Crippen MR) is 140 cm³/mol. The minimum Gasteiger partial charge on any atom is -0.494 e. The van der Waals surface area contributed by atoms with Crippen LogP contribution in [0.5, 0.6) is 5.75 Å². The summed E-state index contributed by atoms with van der Waals surface area (Å²) in [5, 5.41) is 4.11. The molecule has 0 bridgehead atoms. The number of hydrogen-bond acceptors (Lipinski definition) is 5. The molecule has 1 saturated carbocycles. The third-order valence-corrected chi connectivity index (χ3v) is 7.75. The molecule has 1 aliphatic heterocycles. The van der Waals surface area contributed by atoms with E-state index in [-0.39, 0.29) is 23.8 Å². The Bertz CT molecular complexity index is 1220. The van der Waals surface area contributed by atoms with Gasteiger partial charge in [0.15, 0.2) is 5.78 Å². The summed E-state index contributed by atoms with van der Waals surface area (Å²) >= 11 is 6.09. The number of Topliss-reactive ketones (excluding diaryl/α,β-unsaturated/α-hetero) is 1. The van der Waals surface area contributed by atoms with Gasteiger partial charge in [-0.1, -0.05) is 41.9 Å². The van der Waals surface area contributed by atoms with Crippen LogP contribution in [-0.4, -0.2) is 24.5 Å². The van der Waals surface area contributed by atoms with Crippen molar-refractivity contribution in [3.05, 3.63) is 87.2 Å². The quantitative estimate of drug-likeness (QED) is 0.449. The molecule has 5 nitrogen and oxygen atoms in total. The summed E-state index contributed by atoms with van der Waals surface area (Å²) in [7, 11) is 0. The van der Waals surface area contributed by atoms with E-state index < -0.39 is 5.92 Å². The van der Waals surface area contributed by atoms with Crippen LogP contribution in [0.3, 0.4) is 0 Å².